The first kappa shape index (κ1) is 11.6. The van der Waals surface area contributed by atoms with Gasteiger partial charge in [0.2, 0.25) is 0 Å². The minimum atomic E-state index is 0.190. The fraction of sp³-hybridized carbons (Fsp3) is 0.733. The second kappa shape index (κ2) is 4.32. The molecule has 0 N–H and O–H groups in total. The van der Waals surface area contributed by atoms with Gasteiger partial charge in [-0.2, -0.15) is 10.5 Å². The number of hydrogen-bond donors (Lipinski definition) is 0. The van der Waals surface area contributed by atoms with Gasteiger partial charge in [0, 0.05) is 5.92 Å². The average Bonchev–Trinajstić information content (AvgIpc) is 2.36. The van der Waals surface area contributed by atoms with E-state index in [4.69, 9.17) is 15.3 Å². The molecule has 0 radical (unpaired) electrons. The Morgan fingerprint density at radius 2 is 1.44 bits per heavy atom. The predicted octanol–water partition coefficient (Wildman–Crippen LogP) is 3.01. The van der Waals surface area contributed by atoms with Gasteiger partial charge in [-0.25, -0.2) is 0 Å². The van der Waals surface area contributed by atoms with E-state index < -0.39 is 0 Å². The molecule has 0 aromatic heterocycles. The SMILES string of the molecule is COC(=C(C#N)C#N)C1C2CC3CC(C2)CC1C3. The summed E-state index contributed by atoms with van der Waals surface area (Å²) >= 11 is 0. The Hall–Kier alpha value is -1.48. The third kappa shape index (κ3) is 1.62. The molecule has 0 heterocycles. The lowest BCUT2D eigenvalue weighted by atomic mass is 9.51. The van der Waals surface area contributed by atoms with Gasteiger partial charge in [0.25, 0.3) is 0 Å². The second-order valence-electron chi connectivity index (χ2n) is 6.12. The van der Waals surface area contributed by atoms with Crippen molar-refractivity contribution in [1.29, 1.82) is 10.5 Å². The predicted molar refractivity (Wildman–Crippen MR) is 65.8 cm³/mol. The minimum Gasteiger partial charge on any atom is -0.499 e. The van der Waals surface area contributed by atoms with E-state index in [0.717, 1.165) is 11.8 Å². The van der Waals surface area contributed by atoms with Crippen LogP contribution >= 0.6 is 0 Å². The van der Waals surface area contributed by atoms with Gasteiger partial charge in [-0.15, -0.1) is 0 Å². The van der Waals surface area contributed by atoms with Crippen molar-refractivity contribution >= 4 is 0 Å². The third-order valence-electron chi connectivity index (χ3n) is 5.22. The van der Waals surface area contributed by atoms with Gasteiger partial charge in [-0.05, 0) is 55.8 Å². The van der Waals surface area contributed by atoms with Crippen molar-refractivity contribution < 1.29 is 4.74 Å². The summed E-state index contributed by atoms with van der Waals surface area (Å²) in [5, 5.41) is 18.1. The molecule has 0 spiro atoms. The molecule has 3 heteroatoms. The van der Waals surface area contributed by atoms with Crippen molar-refractivity contribution in [3.63, 3.8) is 0 Å². The molecule has 0 amide bonds. The van der Waals surface area contributed by atoms with E-state index in [-0.39, 0.29) is 5.57 Å². The number of rotatable bonds is 2. The number of ether oxygens (including phenoxy) is 1. The first-order valence-electron chi connectivity index (χ1n) is 6.85. The Morgan fingerprint density at radius 3 is 1.83 bits per heavy atom. The Morgan fingerprint density at radius 1 is 0.944 bits per heavy atom. The fourth-order valence-corrected chi connectivity index (χ4v) is 4.89. The lowest BCUT2D eigenvalue weighted by Gasteiger charge is -2.54. The summed E-state index contributed by atoms with van der Waals surface area (Å²) in [4.78, 5) is 0. The second-order valence-corrected chi connectivity index (χ2v) is 6.12. The van der Waals surface area contributed by atoms with Crippen LogP contribution in [-0.2, 0) is 4.74 Å². The van der Waals surface area contributed by atoms with Gasteiger partial charge in [0.05, 0.1) is 7.11 Å². The van der Waals surface area contributed by atoms with Crippen molar-refractivity contribution in [2.45, 2.75) is 32.1 Å². The molecule has 4 bridgehead atoms. The van der Waals surface area contributed by atoms with E-state index in [9.17, 15) is 0 Å². The fourth-order valence-electron chi connectivity index (χ4n) is 4.89. The molecule has 0 aromatic rings. The number of nitriles is 2. The van der Waals surface area contributed by atoms with Crippen LogP contribution in [0.1, 0.15) is 32.1 Å². The Kier molecular flexibility index (Phi) is 2.78. The van der Waals surface area contributed by atoms with Gasteiger partial charge >= 0.3 is 0 Å². The number of nitrogens with zero attached hydrogens (tertiary/aromatic N) is 2. The van der Waals surface area contributed by atoms with E-state index in [0.29, 0.717) is 23.5 Å². The third-order valence-corrected chi connectivity index (χ3v) is 5.22. The maximum atomic E-state index is 9.07. The molecule has 4 saturated carbocycles. The number of allylic oxidation sites excluding steroid dienone is 2. The van der Waals surface area contributed by atoms with Crippen LogP contribution in [0.4, 0.5) is 0 Å². The Balaban J connectivity index is 1.95. The smallest absolute Gasteiger partial charge is 0.167 e. The highest BCUT2D eigenvalue weighted by molar-refractivity contribution is 5.39. The van der Waals surface area contributed by atoms with Crippen molar-refractivity contribution in [2.24, 2.45) is 29.6 Å². The lowest BCUT2D eigenvalue weighted by Crippen LogP contribution is -2.46. The average molecular weight is 242 g/mol. The Bertz CT molecular complexity index is 422. The highest BCUT2D eigenvalue weighted by Crippen LogP contribution is 2.58. The summed E-state index contributed by atoms with van der Waals surface area (Å²) in [5.74, 6) is 4.09. The summed E-state index contributed by atoms with van der Waals surface area (Å²) in [6, 6.07) is 4.01. The highest BCUT2D eigenvalue weighted by Gasteiger charge is 2.50. The van der Waals surface area contributed by atoms with E-state index in [2.05, 4.69) is 0 Å². The van der Waals surface area contributed by atoms with Crippen LogP contribution in [0.3, 0.4) is 0 Å². The van der Waals surface area contributed by atoms with Crippen LogP contribution in [0.15, 0.2) is 11.3 Å². The molecule has 4 fully saturated rings. The minimum absolute atomic E-state index is 0.190. The molecule has 3 nitrogen and oxygen atoms in total. The maximum Gasteiger partial charge on any atom is 0.167 e. The molecule has 4 aliphatic carbocycles. The van der Waals surface area contributed by atoms with Crippen LogP contribution in [0.25, 0.3) is 0 Å². The van der Waals surface area contributed by atoms with Crippen LogP contribution in [0.5, 0.6) is 0 Å². The molecule has 4 aliphatic rings. The zero-order chi connectivity index (χ0) is 12.7. The molecular weight excluding hydrogens is 224 g/mol. The highest BCUT2D eigenvalue weighted by atomic mass is 16.5. The molecule has 0 unspecified atom stereocenters. The van der Waals surface area contributed by atoms with Gasteiger partial charge in [0.1, 0.15) is 17.9 Å². The molecule has 0 aliphatic heterocycles. The van der Waals surface area contributed by atoms with Gasteiger partial charge < -0.3 is 4.74 Å². The first-order chi connectivity index (χ1) is 8.76. The topological polar surface area (TPSA) is 56.8 Å². The molecule has 4 rings (SSSR count). The van der Waals surface area contributed by atoms with E-state index in [1.165, 1.54) is 32.1 Å². The van der Waals surface area contributed by atoms with Gasteiger partial charge in [0.15, 0.2) is 5.57 Å². The molecule has 0 atom stereocenters. The van der Waals surface area contributed by atoms with Crippen molar-refractivity contribution in [3.8, 4) is 12.1 Å². The first-order valence-corrected chi connectivity index (χ1v) is 6.85. The molecule has 94 valence electrons. The van der Waals surface area contributed by atoms with E-state index >= 15 is 0 Å². The standard InChI is InChI=1S/C15H18N2O/c1-18-15(13(7-16)8-17)14-11-3-9-2-10(5-11)6-12(14)4-9/h9-12,14H,2-6H2,1H3. The molecule has 0 saturated heterocycles. The summed E-state index contributed by atoms with van der Waals surface area (Å²) in [5.41, 5.74) is 0.190. The zero-order valence-electron chi connectivity index (χ0n) is 10.7. The summed E-state index contributed by atoms with van der Waals surface area (Å²) in [7, 11) is 1.61. The Labute approximate surface area is 108 Å². The largest absolute Gasteiger partial charge is 0.499 e. The quantitative estimate of drug-likeness (QED) is 0.552. The number of hydrogen-bond acceptors (Lipinski definition) is 3. The lowest BCUT2D eigenvalue weighted by molar-refractivity contribution is -0.0395. The van der Waals surface area contributed by atoms with Crippen LogP contribution in [0.2, 0.25) is 0 Å². The van der Waals surface area contributed by atoms with E-state index in [1.54, 1.807) is 7.11 Å². The van der Waals surface area contributed by atoms with Crippen LogP contribution < -0.4 is 0 Å². The summed E-state index contributed by atoms with van der Waals surface area (Å²) < 4.78 is 5.45. The zero-order valence-corrected chi connectivity index (χ0v) is 10.7. The summed E-state index contributed by atoms with van der Waals surface area (Å²) in [6.45, 7) is 0. The van der Waals surface area contributed by atoms with Crippen molar-refractivity contribution in [3.05, 3.63) is 11.3 Å². The van der Waals surface area contributed by atoms with Gasteiger partial charge in [-0.3, -0.25) is 0 Å². The van der Waals surface area contributed by atoms with Crippen molar-refractivity contribution in [2.75, 3.05) is 7.11 Å². The van der Waals surface area contributed by atoms with Crippen molar-refractivity contribution in [1.82, 2.24) is 0 Å². The van der Waals surface area contributed by atoms with Crippen LogP contribution in [0, 0.1) is 52.3 Å². The normalized spacial score (nSPS) is 39.8. The molecular formula is C15H18N2O. The molecule has 18 heavy (non-hydrogen) atoms. The summed E-state index contributed by atoms with van der Waals surface area (Å²) in [6.07, 6.45) is 6.50. The maximum absolute atomic E-state index is 9.07. The molecule has 0 aromatic carbocycles. The van der Waals surface area contributed by atoms with E-state index in [1.807, 2.05) is 12.1 Å². The van der Waals surface area contributed by atoms with Gasteiger partial charge in [-0.1, -0.05) is 0 Å². The van der Waals surface area contributed by atoms with Crippen LogP contribution in [-0.4, -0.2) is 7.11 Å². The monoisotopic (exact) mass is 242 g/mol. The number of methoxy groups -OCH3 is 1.